The first-order chi connectivity index (χ1) is 8.56. The number of imidazole rings is 2. The van der Waals surface area contributed by atoms with Crippen molar-refractivity contribution in [3.8, 4) is 11.5 Å². The maximum absolute atomic E-state index is 10.9. The Kier molecular flexibility index (Phi) is 2.00. The number of carboxylic acid groups (broad SMARTS) is 1. The fourth-order valence-corrected chi connectivity index (χ4v) is 1.82. The number of aromatic nitrogens is 6. The Morgan fingerprint density at radius 3 is 2.72 bits per heavy atom. The minimum atomic E-state index is -1.04. The van der Waals surface area contributed by atoms with Gasteiger partial charge in [0.25, 0.3) is 0 Å². The van der Waals surface area contributed by atoms with Crippen LogP contribution in [0.5, 0.6) is 0 Å². The van der Waals surface area contributed by atoms with E-state index in [1.165, 1.54) is 0 Å². The van der Waals surface area contributed by atoms with E-state index in [2.05, 4.69) is 25.1 Å². The summed E-state index contributed by atoms with van der Waals surface area (Å²) in [5.74, 6) is 0.650. The maximum atomic E-state index is 10.9. The van der Waals surface area contributed by atoms with Gasteiger partial charge < -0.3 is 10.1 Å². The molecular formula is C10H10N6O2. The summed E-state index contributed by atoms with van der Waals surface area (Å²) in [6, 6.07) is 0. The van der Waals surface area contributed by atoms with Gasteiger partial charge in [-0.3, -0.25) is 9.50 Å². The third kappa shape index (κ3) is 1.39. The van der Waals surface area contributed by atoms with E-state index in [1.807, 2.05) is 0 Å². The lowest BCUT2D eigenvalue weighted by atomic mass is 10.3. The van der Waals surface area contributed by atoms with Gasteiger partial charge in [0.05, 0.1) is 5.69 Å². The van der Waals surface area contributed by atoms with Crippen molar-refractivity contribution in [1.82, 2.24) is 29.5 Å². The zero-order chi connectivity index (χ0) is 12.9. The summed E-state index contributed by atoms with van der Waals surface area (Å²) in [7, 11) is 0. The smallest absolute Gasteiger partial charge is 0.356 e. The molecule has 8 heteroatoms. The molecule has 3 aromatic rings. The molecule has 0 aliphatic heterocycles. The van der Waals surface area contributed by atoms with E-state index >= 15 is 0 Å². The Morgan fingerprint density at radius 2 is 2.17 bits per heavy atom. The molecule has 92 valence electrons. The quantitative estimate of drug-likeness (QED) is 0.618. The van der Waals surface area contributed by atoms with Crippen molar-refractivity contribution < 1.29 is 9.90 Å². The van der Waals surface area contributed by atoms with E-state index in [-0.39, 0.29) is 5.69 Å². The number of rotatable bonds is 2. The molecule has 0 radical (unpaired) electrons. The van der Waals surface area contributed by atoms with E-state index in [0.29, 0.717) is 28.8 Å². The van der Waals surface area contributed by atoms with Crippen LogP contribution in [0.2, 0.25) is 0 Å². The molecule has 0 amide bonds. The number of aryl methyl sites for hydroxylation is 2. The summed E-state index contributed by atoms with van der Waals surface area (Å²) in [5.41, 5.74) is 1.29. The first-order valence-electron chi connectivity index (χ1n) is 5.26. The summed E-state index contributed by atoms with van der Waals surface area (Å²) in [6.07, 6.45) is 1.73. The highest BCUT2D eigenvalue weighted by Crippen LogP contribution is 2.18. The van der Waals surface area contributed by atoms with Crippen LogP contribution in [0.15, 0.2) is 6.20 Å². The van der Waals surface area contributed by atoms with Gasteiger partial charge in [0.15, 0.2) is 11.5 Å². The van der Waals surface area contributed by atoms with Crippen molar-refractivity contribution in [3.05, 3.63) is 23.4 Å². The number of aromatic carboxylic acids is 1. The Balaban J connectivity index is 2.16. The van der Waals surface area contributed by atoms with Gasteiger partial charge in [-0.2, -0.15) is 5.10 Å². The van der Waals surface area contributed by atoms with Crippen LogP contribution in [-0.4, -0.2) is 40.6 Å². The molecule has 0 fully saturated rings. The Bertz CT molecular complexity index is 750. The largest absolute Gasteiger partial charge is 0.476 e. The molecule has 0 aliphatic carbocycles. The molecular weight excluding hydrogens is 236 g/mol. The number of aromatic amines is 2. The minimum absolute atomic E-state index is 0.0407. The van der Waals surface area contributed by atoms with Crippen LogP contribution in [0.3, 0.4) is 0 Å². The van der Waals surface area contributed by atoms with Gasteiger partial charge >= 0.3 is 5.97 Å². The Hall–Kier alpha value is -2.64. The summed E-state index contributed by atoms with van der Waals surface area (Å²) in [6.45, 7) is 3.50. The summed E-state index contributed by atoms with van der Waals surface area (Å²) >= 11 is 0. The molecule has 18 heavy (non-hydrogen) atoms. The zero-order valence-corrected chi connectivity index (χ0v) is 9.72. The topological polar surface area (TPSA) is 112 Å². The molecule has 3 heterocycles. The molecule has 0 saturated heterocycles. The normalized spacial score (nSPS) is 11.2. The fraction of sp³-hybridized carbons (Fsp3) is 0.200. The molecule has 0 bridgehead atoms. The van der Waals surface area contributed by atoms with E-state index in [1.54, 1.807) is 24.4 Å². The average Bonchev–Trinajstić information content (AvgIpc) is 2.95. The number of hydrogen-bond acceptors (Lipinski definition) is 4. The Morgan fingerprint density at radius 1 is 1.39 bits per heavy atom. The monoisotopic (exact) mass is 246 g/mol. The molecule has 8 nitrogen and oxygen atoms in total. The lowest BCUT2D eigenvalue weighted by molar-refractivity contribution is 0.0690. The predicted molar refractivity (Wildman–Crippen MR) is 61.4 cm³/mol. The van der Waals surface area contributed by atoms with Crippen molar-refractivity contribution in [2.45, 2.75) is 13.8 Å². The van der Waals surface area contributed by atoms with E-state index < -0.39 is 5.97 Å². The van der Waals surface area contributed by atoms with E-state index in [0.717, 1.165) is 0 Å². The van der Waals surface area contributed by atoms with Crippen LogP contribution in [0.4, 0.5) is 0 Å². The highest BCUT2D eigenvalue weighted by atomic mass is 16.4. The summed E-state index contributed by atoms with van der Waals surface area (Å²) in [5, 5.41) is 15.7. The highest BCUT2D eigenvalue weighted by Gasteiger charge is 2.17. The third-order valence-corrected chi connectivity index (χ3v) is 2.70. The molecule has 0 unspecified atom stereocenters. The second kappa shape index (κ2) is 3.42. The van der Waals surface area contributed by atoms with Crippen LogP contribution >= 0.6 is 0 Å². The number of fused-ring (bicyclic) bond motifs is 1. The summed E-state index contributed by atoms with van der Waals surface area (Å²) in [4.78, 5) is 22.1. The second-order valence-corrected chi connectivity index (χ2v) is 3.96. The van der Waals surface area contributed by atoms with Gasteiger partial charge in [0.1, 0.15) is 11.5 Å². The average molecular weight is 246 g/mol. The number of carboxylic acids is 1. The highest BCUT2D eigenvalue weighted by molar-refractivity contribution is 5.87. The number of hydrogen-bond donors (Lipinski definition) is 3. The molecule has 0 spiro atoms. The van der Waals surface area contributed by atoms with Crippen molar-refractivity contribution >= 4 is 11.7 Å². The third-order valence-electron chi connectivity index (χ3n) is 2.70. The van der Waals surface area contributed by atoms with E-state index in [4.69, 9.17) is 5.11 Å². The number of nitrogens with zero attached hydrogens (tertiary/aromatic N) is 4. The van der Waals surface area contributed by atoms with Gasteiger partial charge in [-0.05, 0) is 13.8 Å². The number of nitrogens with one attached hydrogen (secondary N) is 2. The Labute approximate surface area is 101 Å². The van der Waals surface area contributed by atoms with E-state index in [9.17, 15) is 4.79 Å². The lowest BCUT2D eigenvalue weighted by Gasteiger charge is -1.90. The van der Waals surface area contributed by atoms with Crippen molar-refractivity contribution in [1.29, 1.82) is 0 Å². The van der Waals surface area contributed by atoms with Crippen LogP contribution in [0, 0.1) is 13.8 Å². The van der Waals surface area contributed by atoms with Gasteiger partial charge in [-0.1, -0.05) is 0 Å². The molecule has 0 aliphatic rings. The predicted octanol–water partition coefficient (Wildman–Crippen LogP) is 0.763. The first-order valence-corrected chi connectivity index (χ1v) is 5.26. The minimum Gasteiger partial charge on any atom is -0.476 e. The lowest BCUT2D eigenvalue weighted by Crippen LogP contribution is -1.99. The van der Waals surface area contributed by atoms with Crippen molar-refractivity contribution in [2.24, 2.45) is 0 Å². The molecule has 3 rings (SSSR count). The van der Waals surface area contributed by atoms with Crippen LogP contribution in [0.25, 0.3) is 17.3 Å². The standard InChI is InChI=1S/C10H10N6O2/c1-4-7(9(17)18)13-10-12-6(3-16(4)10)8-11-5(2)14-15-8/h3H,1-2H3,(H,12,13)(H,17,18)(H,11,14,15). The van der Waals surface area contributed by atoms with Crippen LogP contribution in [-0.2, 0) is 0 Å². The summed E-state index contributed by atoms with van der Waals surface area (Å²) < 4.78 is 1.67. The van der Waals surface area contributed by atoms with Gasteiger partial charge in [-0.25, -0.2) is 14.8 Å². The first kappa shape index (κ1) is 10.5. The number of carbonyl (C=O) groups is 1. The van der Waals surface area contributed by atoms with Gasteiger partial charge in [0.2, 0.25) is 5.78 Å². The molecule has 3 aromatic heterocycles. The molecule has 3 N–H and O–H groups in total. The van der Waals surface area contributed by atoms with Crippen molar-refractivity contribution in [2.75, 3.05) is 0 Å². The zero-order valence-electron chi connectivity index (χ0n) is 9.72. The van der Waals surface area contributed by atoms with Gasteiger partial charge in [0, 0.05) is 6.20 Å². The number of H-pyrrole nitrogens is 2. The maximum Gasteiger partial charge on any atom is 0.356 e. The van der Waals surface area contributed by atoms with Crippen molar-refractivity contribution in [3.63, 3.8) is 0 Å². The molecule has 0 saturated carbocycles. The molecule has 0 aromatic carbocycles. The fourth-order valence-electron chi connectivity index (χ4n) is 1.82. The van der Waals surface area contributed by atoms with Crippen LogP contribution in [0.1, 0.15) is 22.0 Å². The second-order valence-electron chi connectivity index (χ2n) is 3.96. The SMILES string of the molecule is Cc1nc(-c2cn3c(C)c(C(=O)O)nc3[nH]2)n[nH]1. The van der Waals surface area contributed by atoms with Gasteiger partial charge in [-0.15, -0.1) is 0 Å². The molecule has 0 atom stereocenters. The van der Waals surface area contributed by atoms with Crippen LogP contribution < -0.4 is 0 Å².